The SMILES string of the molecule is C[C@@H]1C/C=C/C(=O)CCCC(=O)Cc2cc(O)cc(O)c2C(=O)O1. The van der Waals surface area contributed by atoms with Crippen LogP contribution in [0, 0.1) is 0 Å². The van der Waals surface area contributed by atoms with E-state index in [2.05, 4.69) is 0 Å². The third-order valence-corrected chi connectivity index (χ3v) is 3.73. The smallest absolute Gasteiger partial charge is 0.342 e. The van der Waals surface area contributed by atoms with E-state index in [4.69, 9.17) is 4.74 Å². The molecule has 0 bridgehead atoms. The Morgan fingerprint density at radius 1 is 1.12 bits per heavy atom. The van der Waals surface area contributed by atoms with Crippen molar-refractivity contribution in [2.75, 3.05) is 0 Å². The number of carbonyl (C=O) groups is 3. The molecule has 1 aliphatic rings. The van der Waals surface area contributed by atoms with Crippen molar-refractivity contribution in [2.45, 2.75) is 45.1 Å². The summed E-state index contributed by atoms with van der Waals surface area (Å²) in [6.07, 6.45) is 3.68. The first-order valence-electron chi connectivity index (χ1n) is 7.83. The lowest BCUT2D eigenvalue weighted by Crippen LogP contribution is -2.17. The van der Waals surface area contributed by atoms with Crippen molar-refractivity contribution >= 4 is 17.5 Å². The number of hydrogen-bond donors (Lipinski definition) is 2. The van der Waals surface area contributed by atoms with Gasteiger partial charge in [0.2, 0.25) is 0 Å². The van der Waals surface area contributed by atoms with Gasteiger partial charge in [0.05, 0.1) is 0 Å². The van der Waals surface area contributed by atoms with E-state index in [1.807, 2.05) is 0 Å². The van der Waals surface area contributed by atoms with Gasteiger partial charge in [0.15, 0.2) is 5.78 Å². The molecular formula is C18H20O6. The molecule has 0 fully saturated rings. The molecule has 0 amide bonds. The van der Waals surface area contributed by atoms with Crippen LogP contribution in [0.4, 0.5) is 0 Å². The fourth-order valence-electron chi connectivity index (χ4n) is 2.57. The number of fused-ring (bicyclic) bond motifs is 1. The van der Waals surface area contributed by atoms with E-state index in [-0.39, 0.29) is 47.7 Å². The van der Waals surface area contributed by atoms with Gasteiger partial charge in [-0.2, -0.15) is 0 Å². The summed E-state index contributed by atoms with van der Waals surface area (Å²) >= 11 is 0. The molecule has 0 aromatic heterocycles. The second-order valence-corrected chi connectivity index (χ2v) is 5.89. The Bertz CT molecular complexity index is 689. The number of phenolic OH excluding ortho intramolecular Hbond substituents is 2. The van der Waals surface area contributed by atoms with Crippen molar-refractivity contribution in [3.05, 3.63) is 35.4 Å². The molecule has 1 atom stereocenters. The van der Waals surface area contributed by atoms with Crippen LogP contribution in [-0.4, -0.2) is 33.9 Å². The number of aromatic hydroxyl groups is 2. The number of carbonyl (C=O) groups excluding carboxylic acids is 3. The number of esters is 1. The van der Waals surface area contributed by atoms with Gasteiger partial charge < -0.3 is 14.9 Å². The van der Waals surface area contributed by atoms with Crippen LogP contribution in [0.15, 0.2) is 24.3 Å². The minimum absolute atomic E-state index is 0.0749. The van der Waals surface area contributed by atoms with Crippen LogP contribution in [0.2, 0.25) is 0 Å². The molecule has 1 aromatic rings. The van der Waals surface area contributed by atoms with E-state index in [0.717, 1.165) is 6.07 Å². The van der Waals surface area contributed by atoms with Crippen molar-refractivity contribution in [2.24, 2.45) is 0 Å². The lowest BCUT2D eigenvalue weighted by atomic mass is 9.98. The van der Waals surface area contributed by atoms with Crippen LogP contribution < -0.4 is 0 Å². The number of phenols is 2. The van der Waals surface area contributed by atoms with E-state index in [0.29, 0.717) is 12.8 Å². The summed E-state index contributed by atoms with van der Waals surface area (Å²) in [7, 11) is 0. The summed E-state index contributed by atoms with van der Waals surface area (Å²) in [5.41, 5.74) is 0.110. The third-order valence-electron chi connectivity index (χ3n) is 3.73. The van der Waals surface area contributed by atoms with Crippen LogP contribution in [0.3, 0.4) is 0 Å². The zero-order valence-corrected chi connectivity index (χ0v) is 13.4. The minimum Gasteiger partial charge on any atom is -0.508 e. The Morgan fingerprint density at radius 3 is 2.62 bits per heavy atom. The first-order chi connectivity index (χ1) is 11.4. The van der Waals surface area contributed by atoms with Gasteiger partial charge >= 0.3 is 5.97 Å². The number of cyclic esters (lactones) is 1. The first-order valence-corrected chi connectivity index (χ1v) is 7.83. The van der Waals surface area contributed by atoms with Gasteiger partial charge in [-0.05, 0) is 31.1 Å². The molecule has 24 heavy (non-hydrogen) atoms. The van der Waals surface area contributed by atoms with E-state index in [9.17, 15) is 24.6 Å². The maximum atomic E-state index is 12.3. The Balaban J connectivity index is 2.36. The molecule has 1 aromatic carbocycles. The second kappa shape index (κ2) is 7.77. The Hall–Kier alpha value is -2.63. The highest BCUT2D eigenvalue weighted by atomic mass is 16.5. The van der Waals surface area contributed by atoms with Gasteiger partial charge in [0.1, 0.15) is 28.9 Å². The number of rotatable bonds is 0. The first kappa shape index (κ1) is 17.7. The molecule has 1 heterocycles. The lowest BCUT2D eigenvalue weighted by molar-refractivity contribution is -0.118. The van der Waals surface area contributed by atoms with Crippen LogP contribution in [-0.2, 0) is 20.7 Å². The molecule has 2 rings (SSSR count). The Morgan fingerprint density at radius 2 is 1.88 bits per heavy atom. The normalized spacial score (nSPS) is 21.5. The van der Waals surface area contributed by atoms with Crippen molar-refractivity contribution in [1.82, 2.24) is 0 Å². The number of Topliss-reactive ketones (excluding diaryl/α,β-unsaturated/α-hetero) is 1. The fraction of sp³-hybridized carbons (Fsp3) is 0.389. The highest BCUT2D eigenvalue weighted by Crippen LogP contribution is 2.29. The van der Waals surface area contributed by atoms with Crippen LogP contribution >= 0.6 is 0 Å². The van der Waals surface area contributed by atoms with Crippen LogP contribution in [0.25, 0.3) is 0 Å². The predicted molar refractivity (Wildman–Crippen MR) is 86.0 cm³/mol. The van der Waals surface area contributed by atoms with Gasteiger partial charge in [-0.1, -0.05) is 6.08 Å². The zero-order valence-electron chi connectivity index (χ0n) is 13.4. The molecule has 0 unspecified atom stereocenters. The van der Waals surface area contributed by atoms with Crippen LogP contribution in [0.5, 0.6) is 11.5 Å². The minimum atomic E-state index is -0.764. The molecule has 0 spiro atoms. The molecular weight excluding hydrogens is 312 g/mol. The molecule has 6 nitrogen and oxygen atoms in total. The quantitative estimate of drug-likeness (QED) is 0.708. The zero-order chi connectivity index (χ0) is 17.7. The summed E-state index contributed by atoms with van der Waals surface area (Å²) in [4.78, 5) is 36.0. The average Bonchev–Trinajstić information content (AvgIpc) is 2.45. The number of benzene rings is 1. The highest BCUT2D eigenvalue weighted by Gasteiger charge is 2.22. The molecule has 6 heteroatoms. The number of ketones is 2. The van der Waals surface area contributed by atoms with E-state index in [1.54, 1.807) is 13.0 Å². The number of hydrogen-bond acceptors (Lipinski definition) is 6. The Kier molecular flexibility index (Phi) is 5.73. The number of ether oxygens (including phenoxy) is 1. The largest absolute Gasteiger partial charge is 0.508 e. The van der Waals surface area contributed by atoms with Gasteiger partial charge in [-0.3, -0.25) is 9.59 Å². The molecule has 0 saturated carbocycles. The lowest BCUT2D eigenvalue weighted by Gasteiger charge is -2.15. The molecule has 0 aliphatic carbocycles. The molecule has 128 valence electrons. The topological polar surface area (TPSA) is 101 Å². The van der Waals surface area contributed by atoms with Gasteiger partial charge in [-0.25, -0.2) is 4.79 Å². The van der Waals surface area contributed by atoms with Gasteiger partial charge in [0.25, 0.3) is 0 Å². The summed E-state index contributed by atoms with van der Waals surface area (Å²) in [6, 6.07) is 2.31. The van der Waals surface area contributed by atoms with E-state index >= 15 is 0 Å². The van der Waals surface area contributed by atoms with Crippen molar-refractivity contribution in [1.29, 1.82) is 0 Å². The summed E-state index contributed by atoms with van der Waals surface area (Å²) in [5, 5.41) is 19.6. The predicted octanol–water partition coefficient (Wildman–Crippen LogP) is 2.45. The summed E-state index contributed by atoms with van der Waals surface area (Å²) in [6.45, 7) is 1.67. The average molecular weight is 332 g/mol. The van der Waals surface area contributed by atoms with Gasteiger partial charge in [-0.15, -0.1) is 0 Å². The second-order valence-electron chi connectivity index (χ2n) is 5.89. The van der Waals surface area contributed by atoms with E-state index in [1.165, 1.54) is 12.1 Å². The monoisotopic (exact) mass is 332 g/mol. The molecule has 0 saturated heterocycles. The molecule has 2 N–H and O–H groups in total. The fourth-order valence-corrected chi connectivity index (χ4v) is 2.57. The van der Waals surface area contributed by atoms with E-state index < -0.39 is 17.8 Å². The van der Waals surface area contributed by atoms with Crippen molar-refractivity contribution in [3.8, 4) is 11.5 Å². The molecule has 1 aliphatic heterocycles. The maximum Gasteiger partial charge on any atom is 0.342 e. The van der Waals surface area contributed by atoms with Gasteiger partial charge in [0, 0.05) is 31.7 Å². The summed E-state index contributed by atoms with van der Waals surface area (Å²) < 4.78 is 5.26. The number of allylic oxidation sites excluding steroid dienone is 1. The highest BCUT2D eigenvalue weighted by molar-refractivity contribution is 5.96. The maximum absolute atomic E-state index is 12.3. The Labute approximate surface area is 139 Å². The third kappa shape index (κ3) is 4.68. The van der Waals surface area contributed by atoms with Crippen molar-refractivity contribution < 1.29 is 29.3 Å². The van der Waals surface area contributed by atoms with Crippen LogP contribution in [0.1, 0.15) is 48.5 Å². The standard InChI is InChI=1S/C18H20O6/c1-11-4-2-5-13(19)6-3-7-14(20)8-12-9-15(21)10-16(22)17(12)18(23)24-11/h2,5,9-11,21-22H,3-4,6-8H2,1H3/b5-2+/t11-/m1/s1. The van der Waals surface area contributed by atoms with Crippen molar-refractivity contribution in [3.63, 3.8) is 0 Å². The molecule has 0 radical (unpaired) electrons. The summed E-state index contributed by atoms with van der Waals surface area (Å²) in [5.74, 6) is -1.68.